The summed E-state index contributed by atoms with van der Waals surface area (Å²) in [5.41, 5.74) is 0. The minimum absolute atomic E-state index is 0. The van der Waals surface area contributed by atoms with Crippen LogP contribution in [-0.2, 0) is 188 Å². The maximum Gasteiger partial charge on any atom is 0.317 e. The average Bonchev–Trinajstić information content (AvgIpc) is 3.02. The van der Waals surface area contributed by atoms with Gasteiger partial charge in [-0.25, -0.2) is 0 Å². The summed E-state index contributed by atoms with van der Waals surface area (Å²) in [6.07, 6.45) is 0. The first-order chi connectivity index (χ1) is 27.6. The van der Waals surface area contributed by atoms with Crippen LogP contribution < -0.4 is 0 Å². The fourth-order valence-electron chi connectivity index (χ4n) is 4.43. The Morgan fingerprint density at radius 3 is 0.297 bits per heavy atom. The number of carboxylic acids is 12. The largest absolute Gasteiger partial charge is 0.480 e. The molecule has 0 saturated heterocycles. The molecule has 34 heteroatoms. The quantitative estimate of drug-likeness (QED) is 0.0291. The van der Waals surface area contributed by atoms with Gasteiger partial charge in [0.05, 0.1) is 78.5 Å². The number of nitrogens with zero attached hydrogens (tertiary/aromatic N) is 6. The van der Waals surface area contributed by atoms with Crippen LogP contribution in [0.1, 0.15) is 0 Å². The predicted molar refractivity (Wildman–Crippen MR) is 190 cm³/mol. The van der Waals surface area contributed by atoms with E-state index in [9.17, 15) is 57.5 Å². The van der Waals surface area contributed by atoms with E-state index in [4.69, 9.17) is 61.3 Å². The topological polar surface area (TPSA) is 467 Å². The second kappa shape index (κ2) is 44.6. The van der Waals surface area contributed by atoms with Gasteiger partial charge >= 0.3 is 71.6 Å². The number of carboxylic acid groups (broad SMARTS) is 12. The third-order valence-corrected chi connectivity index (χ3v) is 6.50. The molecule has 0 aromatic carbocycles. The van der Waals surface area contributed by atoms with Crippen molar-refractivity contribution in [2.75, 3.05) is 118 Å². The van der Waals surface area contributed by atoms with Crippen molar-refractivity contribution in [2.45, 2.75) is 0 Å². The predicted octanol–water partition coefficient (Wildman–Crippen LogP) is -6.22. The molecule has 12 N–H and O–H groups in total. The van der Waals surface area contributed by atoms with E-state index in [1.165, 1.54) is 0 Å². The van der Waals surface area contributed by atoms with Crippen molar-refractivity contribution in [3.8, 4) is 0 Å². The van der Waals surface area contributed by atoms with Gasteiger partial charge in [0.25, 0.3) is 0 Å². The zero-order valence-corrected chi connectivity index (χ0v) is 45.3. The van der Waals surface area contributed by atoms with E-state index >= 15 is 0 Å². The molecule has 0 spiro atoms. The Labute approximate surface area is 463 Å². The molecule has 0 rings (SSSR count). The number of rotatable bonds is 33. The Hall–Kier alpha value is -2.18. The van der Waals surface area contributed by atoms with Crippen molar-refractivity contribution in [1.29, 1.82) is 0 Å². The van der Waals surface area contributed by atoms with Crippen LogP contribution in [0.3, 0.4) is 0 Å². The summed E-state index contributed by atoms with van der Waals surface area (Å²) in [5, 5.41) is 103. The summed E-state index contributed by atoms with van der Waals surface area (Å²) in [6.45, 7) is -6.75. The van der Waals surface area contributed by atoms with Gasteiger partial charge in [-0.1, -0.05) is 0 Å². The van der Waals surface area contributed by atoms with E-state index in [1.54, 1.807) is 0 Å². The van der Waals surface area contributed by atoms with Gasteiger partial charge in [0.2, 0.25) is 0 Å². The van der Waals surface area contributed by atoms with Gasteiger partial charge in [-0.15, -0.1) is 0 Å². The Kier molecular flexibility index (Phi) is 53.1. The molecule has 0 aliphatic rings. The van der Waals surface area contributed by atoms with Crippen LogP contribution in [0.25, 0.3) is 0 Å². The van der Waals surface area contributed by atoms with Crippen molar-refractivity contribution >= 4 is 71.6 Å². The standard InChI is InChI=1S/3C10H16N2O8.4Y/c3*13-7(14)3-11(4-8(15)16)1-2-12(5-9(17)18)6-10(19)20;;;;/h3*1-6H2,(H,13,14)(H,15,16)(H,17,18)(H,19,20);;;;. The molecule has 0 fully saturated rings. The van der Waals surface area contributed by atoms with Gasteiger partial charge in [-0.05, 0) is 0 Å². The Morgan fingerprint density at radius 2 is 0.250 bits per heavy atom. The van der Waals surface area contributed by atoms with Gasteiger partial charge in [0.15, 0.2) is 0 Å². The molecule has 64 heavy (non-hydrogen) atoms. The second-order valence-electron chi connectivity index (χ2n) is 12.0. The molecule has 0 unspecified atom stereocenters. The van der Waals surface area contributed by atoms with Crippen molar-refractivity contribution < 1.29 is 250 Å². The Bertz CT molecular complexity index is 1140. The average molecular weight is 1230 g/mol. The molecule has 0 aromatic heterocycles. The van der Waals surface area contributed by atoms with Crippen molar-refractivity contribution in [3.63, 3.8) is 0 Å². The molecule has 30 nitrogen and oxygen atoms in total. The monoisotopic (exact) mass is 1230 g/mol. The second-order valence-corrected chi connectivity index (χ2v) is 12.0. The van der Waals surface area contributed by atoms with Crippen molar-refractivity contribution in [2.24, 2.45) is 0 Å². The normalized spacial score (nSPS) is 10.0. The van der Waals surface area contributed by atoms with Crippen LogP contribution in [0.15, 0.2) is 0 Å². The first-order valence-electron chi connectivity index (χ1n) is 16.6. The zero-order valence-electron chi connectivity index (χ0n) is 34.0. The maximum absolute atomic E-state index is 10.6. The molecule has 0 bridgehead atoms. The summed E-state index contributed by atoms with van der Waals surface area (Å²) in [5.74, 6) is -14.7. The van der Waals surface area contributed by atoms with Gasteiger partial charge in [-0.2, -0.15) is 0 Å². The minimum atomic E-state index is -1.23. The van der Waals surface area contributed by atoms with E-state index < -0.39 is 150 Å². The third kappa shape index (κ3) is 55.9. The molecule has 0 saturated carbocycles. The SMILES string of the molecule is O=C(O)CN(CCN(CC(=O)O)CC(=O)O)CC(=O)O.O=C(O)CN(CCN(CC(=O)O)CC(=O)O)CC(=O)O.O=C(O)CN(CCN(CC(=O)O)CC(=O)O)CC(=O)O.[Y].[Y].[Y].[Y]. The molecule has 0 atom stereocenters. The van der Waals surface area contributed by atoms with Crippen LogP contribution in [0.2, 0.25) is 0 Å². The Balaban J connectivity index is -0.000000148. The first kappa shape index (κ1) is 76.1. The smallest absolute Gasteiger partial charge is 0.317 e. The van der Waals surface area contributed by atoms with E-state index in [0.29, 0.717) is 0 Å². The molecule has 0 amide bonds. The number of hydrogen-bond acceptors (Lipinski definition) is 18. The summed E-state index contributed by atoms with van der Waals surface area (Å²) in [4.78, 5) is 133. The summed E-state index contributed by atoms with van der Waals surface area (Å²) >= 11 is 0. The number of hydrogen-bond donors (Lipinski definition) is 12. The van der Waals surface area contributed by atoms with Gasteiger partial charge in [-0.3, -0.25) is 86.9 Å². The fraction of sp³-hybridized carbons (Fsp3) is 0.600. The first-order valence-corrected chi connectivity index (χ1v) is 16.6. The Morgan fingerprint density at radius 1 is 0.188 bits per heavy atom. The van der Waals surface area contributed by atoms with Crippen LogP contribution in [-0.4, -0.2) is 280 Å². The van der Waals surface area contributed by atoms with Crippen molar-refractivity contribution in [3.05, 3.63) is 0 Å². The molecule has 4 radical (unpaired) electrons. The minimum Gasteiger partial charge on any atom is -0.480 e. The summed E-state index contributed by atoms with van der Waals surface area (Å²) in [7, 11) is 0. The van der Waals surface area contributed by atoms with E-state index in [0.717, 1.165) is 29.4 Å². The zero-order chi connectivity index (χ0) is 47.1. The van der Waals surface area contributed by atoms with Gasteiger partial charge in [0, 0.05) is 170 Å². The van der Waals surface area contributed by atoms with E-state index in [1.807, 2.05) is 0 Å². The van der Waals surface area contributed by atoms with Crippen LogP contribution in [0.5, 0.6) is 0 Å². The molecular weight excluding hydrogens is 1180 g/mol. The van der Waals surface area contributed by atoms with Crippen LogP contribution in [0, 0.1) is 0 Å². The molecular formula is C30H48N6O24Y4. The summed E-state index contributed by atoms with van der Waals surface area (Å²) < 4.78 is 0. The maximum atomic E-state index is 10.6. The number of carbonyl (C=O) groups is 12. The summed E-state index contributed by atoms with van der Waals surface area (Å²) in [6, 6.07) is 0. The number of aliphatic carboxylic acids is 12. The molecule has 0 heterocycles. The van der Waals surface area contributed by atoms with Gasteiger partial charge < -0.3 is 61.3 Å². The molecule has 354 valence electrons. The van der Waals surface area contributed by atoms with Crippen LogP contribution >= 0.6 is 0 Å². The molecule has 0 aliphatic heterocycles. The fourth-order valence-corrected chi connectivity index (χ4v) is 4.43. The van der Waals surface area contributed by atoms with Crippen molar-refractivity contribution in [1.82, 2.24) is 29.4 Å². The third-order valence-electron chi connectivity index (χ3n) is 6.50. The molecule has 0 aromatic rings. The van der Waals surface area contributed by atoms with E-state index in [-0.39, 0.29) is 170 Å². The van der Waals surface area contributed by atoms with E-state index in [2.05, 4.69) is 0 Å². The molecule has 0 aliphatic carbocycles. The van der Waals surface area contributed by atoms with Crippen LogP contribution in [0.4, 0.5) is 0 Å². The van der Waals surface area contributed by atoms with Gasteiger partial charge in [0.1, 0.15) is 0 Å².